The third-order valence-corrected chi connectivity index (χ3v) is 17.6. The summed E-state index contributed by atoms with van der Waals surface area (Å²) in [6, 6.07) is 11.2. The number of thiocarbonyl (C=S) groups is 2. The standard InChI is InChI=1S/C54H78N8O8S4/c1-31(59(13)49(67)69-51(3,4)5)45(71)57-37-25-27-73-39-29-53(9,10)41(61(39)47(37)65)43(63)55-35-21-17-15-19-33(35)23-24-34-20-16-18-22-36(34)56-44(64)42-54(11,12)30-40-62(42)48(66)38(26-28-74-40)58-46(72)32(2)60(14)50(68)70-52(6,7)8/h15-22,31-32,37-42H,23-30H2,1-14H3,(H,55,63)(H,56,64)(H,57,71)(H,58,72)/t31-,32-,37-,38?,39-,40-,41?,42?/m0/s1. The Morgan fingerprint density at radius 1 is 0.649 bits per heavy atom. The van der Waals surface area contributed by atoms with E-state index in [-0.39, 0.29) is 34.4 Å². The lowest BCUT2D eigenvalue weighted by Gasteiger charge is -2.35. The molecule has 74 heavy (non-hydrogen) atoms. The molecule has 2 aromatic rings. The van der Waals surface area contributed by atoms with Crippen molar-refractivity contribution in [1.82, 2.24) is 30.2 Å². The first kappa shape index (κ1) is 58.6. The molecule has 6 rings (SSSR count). The van der Waals surface area contributed by atoms with Gasteiger partial charge in [0.25, 0.3) is 0 Å². The van der Waals surface area contributed by atoms with Crippen LogP contribution in [0.2, 0.25) is 0 Å². The van der Waals surface area contributed by atoms with E-state index in [1.54, 1.807) is 103 Å². The maximum Gasteiger partial charge on any atom is 0.410 e. The lowest BCUT2D eigenvalue weighted by atomic mass is 9.84. The number of hydrogen-bond acceptors (Lipinski definition) is 12. The molecule has 0 spiro atoms. The van der Waals surface area contributed by atoms with Gasteiger partial charge in [0.05, 0.1) is 32.8 Å². The van der Waals surface area contributed by atoms with Crippen molar-refractivity contribution in [3.63, 3.8) is 0 Å². The molecule has 4 aliphatic rings. The lowest BCUT2D eigenvalue weighted by Crippen LogP contribution is -2.57. The minimum Gasteiger partial charge on any atom is -0.444 e. The second kappa shape index (κ2) is 23.3. The van der Waals surface area contributed by atoms with Crippen LogP contribution in [0.4, 0.5) is 21.0 Å². The number of benzene rings is 2. The van der Waals surface area contributed by atoms with Crippen LogP contribution in [0, 0.1) is 10.8 Å². The molecule has 16 nitrogen and oxygen atoms in total. The van der Waals surface area contributed by atoms with Crippen molar-refractivity contribution in [3.8, 4) is 0 Å². The van der Waals surface area contributed by atoms with Crippen LogP contribution in [0.15, 0.2) is 48.5 Å². The molecule has 0 radical (unpaired) electrons. The van der Waals surface area contributed by atoms with Crippen LogP contribution < -0.4 is 21.3 Å². The number of aryl methyl sites for hydroxylation is 2. The third-order valence-electron chi connectivity index (χ3n) is 14.2. The SMILES string of the molecule is C[C@@H](C(=S)NC1CCS[C@H]2CC(C)(C)C(C(=O)Nc3ccccc3CCc3ccccc3NC(=O)C3N4C(=O)[C@@H](NC(=S)[C@H](C)N(C)C(=O)OC(C)(C)C)CCS[C@H]4CC3(C)C)N2C1=O)N(C)C(=O)OC(C)(C)C. The van der Waals surface area contributed by atoms with Gasteiger partial charge in [0.2, 0.25) is 23.6 Å². The number of thioether (sulfide) groups is 2. The summed E-state index contributed by atoms with van der Waals surface area (Å²) in [4.78, 5) is 91.1. The normalized spacial score (nSPS) is 24.2. The Kier molecular flexibility index (Phi) is 18.4. The van der Waals surface area contributed by atoms with Crippen LogP contribution in [-0.4, -0.2) is 149 Å². The summed E-state index contributed by atoms with van der Waals surface area (Å²) in [6.07, 6.45) is 2.24. The Hall–Kier alpha value is -4.66. The fourth-order valence-corrected chi connectivity index (χ4v) is 13.8. The van der Waals surface area contributed by atoms with Crippen molar-refractivity contribution >= 4 is 105 Å². The Labute approximate surface area is 457 Å². The molecule has 8 atom stereocenters. The van der Waals surface area contributed by atoms with Gasteiger partial charge in [-0.2, -0.15) is 0 Å². The molecule has 0 bridgehead atoms. The number of hydrogen-bond donors (Lipinski definition) is 4. The van der Waals surface area contributed by atoms with Crippen molar-refractivity contribution < 1.29 is 38.2 Å². The second-order valence-corrected chi connectivity index (χ2v) is 26.8. The van der Waals surface area contributed by atoms with Gasteiger partial charge in [0.1, 0.15) is 35.4 Å². The van der Waals surface area contributed by atoms with E-state index < -0.39 is 70.5 Å². The molecule has 0 saturated carbocycles. The zero-order valence-corrected chi connectivity index (χ0v) is 48.8. The van der Waals surface area contributed by atoms with E-state index in [2.05, 4.69) is 21.3 Å². The van der Waals surface area contributed by atoms with Crippen molar-refractivity contribution in [2.45, 2.75) is 180 Å². The number of rotatable bonds is 13. The maximum atomic E-state index is 14.7. The summed E-state index contributed by atoms with van der Waals surface area (Å²) in [6.45, 7) is 22.4. The summed E-state index contributed by atoms with van der Waals surface area (Å²) in [5, 5.41) is 12.5. The van der Waals surface area contributed by atoms with Gasteiger partial charge in [-0.05, 0) is 140 Å². The molecule has 4 N–H and O–H groups in total. The first-order valence-corrected chi connectivity index (χ1v) is 28.5. The summed E-state index contributed by atoms with van der Waals surface area (Å²) < 4.78 is 11.1. The zero-order valence-electron chi connectivity index (χ0n) is 45.6. The first-order chi connectivity index (χ1) is 34.4. The number of nitrogens with zero attached hydrogens (tertiary/aromatic N) is 4. The lowest BCUT2D eigenvalue weighted by molar-refractivity contribution is -0.140. The highest BCUT2D eigenvalue weighted by molar-refractivity contribution is 8.00. The van der Waals surface area contributed by atoms with Crippen molar-refractivity contribution in [2.75, 3.05) is 36.2 Å². The Morgan fingerprint density at radius 2 is 0.986 bits per heavy atom. The summed E-state index contributed by atoms with van der Waals surface area (Å²) >= 11 is 14.9. The monoisotopic (exact) mass is 1090 g/mol. The molecule has 2 aromatic carbocycles. The van der Waals surface area contributed by atoms with Gasteiger partial charge in [-0.3, -0.25) is 19.2 Å². The number of para-hydroxylation sites is 2. The number of fused-ring (bicyclic) bond motifs is 2. The molecule has 4 heterocycles. The molecule has 0 aromatic heterocycles. The number of amides is 6. The van der Waals surface area contributed by atoms with Crippen LogP contribution in [0.1, 0.15) is 120 Å². The molecule has 0 aliphatic carbocycles. The van der Waals surface area contributed by atoms with Crippen LogP contribution in [0.25, 0.3) is 0 Å². The predicted molar refractivity (Wildman–Crippen MR) is 303 cm³/mol. The number of carbonyl (C=O) groups excluding carboxylic acids is 6. The van der Waals surface area contributed by atoms with Crippen LogP contribution in [-0.2, 0) is 41.5 Å². The second-order valence-electron chi connectivity index (χ2n) is 23.4. The van der Waals surface area contributed by atoms with E-state index in [4.69, 9.17) is 33.9 Å². The highest BCUT2D eigenvalue weighted by Crippen LogP contribution is 2.48. The van der Waals surface area contributed by atoms with Gasteiger partial charge in [0.15, 0.2) is 0 Å². The average Bonchev–Trinajstić information content (AvgIpc) is 3.62. The first-order valence-electron chi connectivity index (χ1n) is 25.6. The maximum absolute atomic E-state index is 14.7. The topological polar surface area (TPSA) is 182 Å². The minimum absolute atomic E-state index is 0.209. The van der Waals surface area contributed by atoms with E-state index >= 15 is 0 Å². The number of nitrogens with one attached hydrogen (secondary N) is 4. The fraction of sp³-hybridized carbons (Fsp3) is 0.630. The molecule has 4 aliphatic heterocycles. The van der Waals surface area contributed by atoms with E-state index in [0.29, 0.717) is 71.4 Å². The quantitative estimate of drug-likeness (QED) is 0.140. The Bertz CT molecular complexity index is 2310. The summed E-state index contributed by atoms with van der Waals surface area (Å²) in [5.41, 5.74) is 0.556. The van der Waals surface area contributed by atoms with Crippen LogP contribution in [0.5, 0.6) is 0 Å². The number of carbonyl (C=O) groups is 6. The molecule has 3 unspecified atom stereocenters. The minimum atomic E-state index is -0.777. The molecular weight excluding hydrogens is 1020 g/mol. The Morgan fingerprint density at radius 3 is 1.32 bits per heavy atom. The molecule has 4 fully saturated rings. The van der Waals surface area contributed by atoms with Gasteiger partial charge in [-0.25, -0.2) is 9.59 Å². The van der Waals surface area contributed by atoms with Gasteiger partial charge >= 0.3 is 12.2 Å². The van der Waals surface area contributed by atoms with Crippen molar-refractivity contribution in [3.05, 3.63) is 59.7 Å². The van der Waals surface area contributed by atoms with Crippen molar-refractivity contribution in [2.24, 2.45) is 10.8 Å². The highest BCUT2D eigenvalue weighted by atomic mass is 32.2. The zero-order chi connectivity index (χ0) is 54.8. The summed E-state index contributed by atoms with van der Waals surface area (Å²) in [5.74, 6) is 0.368. The summed E-state index contributed by atoms with van der Waals surface area (Å²) in [7, 11) is 3.23. The number of likely N-dealkylation sites (N-methyl/N-ethyl adjacent to an activating group) is 2. The van der Waals surface area contributed by atoms with Crippen LogP contribution in [0.3, 0.4) is 0 Å². The van der Waals surface area contributed by atoms with E-state index in [0.717, 1.165) is 11.1 Å². The van der Waals surface area contributed by atoms with Gasteiger partial charge in [-0.1, -0.05) is 88.5 Å². The molecule has 6 amide bonds. The fourth-order valence-electron chi connectivity index (χ4n) is 10.0. The molecule has 406 valence electrons. The third kappa shape index (κ3) is 13.8. The Balaban J connectivity index is 1.13. The molecule has 20 heteroatoms. The predicted octanol–water partition coefficient (Wildman–Crippen LogP) is 8.61. The largest absolute Gasteiger partial charge is 0.444 e. The average molecular weight is 1100 g/mol. The molecular formula is C54H78N8O8S4. The van der Waals surface area contributed by atoms with E-state index in [9.17, 15) is 28.8 Å². The van der Waals surface area contributed by atoms with Crippen molar-refractivity contribution in [1.29, 1.82) is 0 Å². The number of anilines is 2. The smallest absolute Gasteiger partial charge is 0.410 e. The highest BCUT2D eigenvalue weighted by Gasteiger charge is 2.56. The van der Waals surface area contributed by atoms with Gasteiger partial charge in [-0.15, -0.1) is 23.5 Å². The van der Waals surface area contributed by atoms with E-state index in [1.807, 2.05) is 76.2 Å². The van der Waals surface area contributed by atoms with Gasteiger partial charge < -0.3 is 50.3 Å². The van der Waals surface area contributed by atoms with E-state index in [1.165, 1.54) is 9.80 Å². The number of ether oxygens (including phenoxy) is 2. The van der Waals surface area contributed by atoms with Crippen LogP contribution >= 0.6 is 48.0 Å². The van der Waals surface area contributed by atoms with Gasteiger partial charge in [0, 0.05) is 25.5 Å². The molecule has 4 saturated heterocycles.